The summed E-state index contributed by atoms with van der Waals surface area (Å²) < 4.78 is 19.0. The number of anilines is 2. The van der Waals surface area contributed by atoms with Crippen molar-refractivity contribution in [3.8, 4) is 5.75 Å². The van der Waals surface area contributed by atoms with Crippen molar-refractivity contribution in [3.63, 3.8) is 0 Å². The van der Waals surface area contributed by atoms with Crippen molar-refractivity contribution in [2.45, 2.75) is 18.7 Å². The first kappa shape index (κ1) is 24.3. The second-order valence-corrected chi connectivity index (χ2v) is 7.87. The van der Waals surface area contributed by atoms with Gasteiger partial charge in [-0.05, 0) is 35.5 Å². The quantitative estimate of drug-likeness (QED) is 0.427. The average Bonchev–Trinajstić information content (AvgIpc) is 3.28. The van der Waals surface area contributed by atoms with Crippen LogP contribution >= 0.6 is 23.3 Å². The Morgan fingerprint density at radius 2 is 2.00 bits per heavy atom. The van der Waals surface area contributed by atoms with E-state index in [9.17, 15) is 4.79 Å². The van der Waals surface area contributed by atoms with Gasteiger partial charge in [-0.3, -0.25) is 4.90 Å². The van der Waals surface area contributed by atoms with Gasteiger partial charge in [-0.1, -0.05) is 13.8 Å². The molecule has 0 amide bonds. The first-order valence-corrected chi connectivity index (χ1v) is 11.7. The van der Waals surface area contributed by atoms with Crippen LogP contribution in [0.5, 0.6) is 5.75 Å². The predicted molar refractivity (Wildman–Crippen MR) is 125 cm³/mol. The molecule has 2 heterocycles. The first-order chi connectivity index (χ1) is 14.7. The molecule has 30 heavy (non-hydrogen) atoms. The maximum Gasteiger partial charge on any atom is 0.349 e. The lowest BCUT2D eigenvalue weighted by atomic mass is 10.2. The van der Waals surface area contributed by atoms with Gasteiger partial charge in [0, 0.05) is 37.9 Å². The van der Waals surface area contributed by atoms with Gasteiger partial charge in [0.05, 0.1) is 38.0 Å². The van der Waals surface area contributed by atoms with Gasteiger partial charge in [0.15, 0.2) is 0 Å². The zero-order chi connectivity index (χ0) is 21.8. The molecule has 0 saturated carbocycles. The minimum absolute atomic E-state index is 0.328. The van der Waals surface area contributed by atoms with E-state index in [0.717, 1.165) is 61.4 Å². The fourth-order valence-electron chi connectivity index (χ4n) is 2.80. The van der Waals surface area contributed by atoms with Crippen molar-refractivity contribution in [2.75, 3.05) is 63.7 Å². The van der Waals surface area contributed by atoms with Crippen LogP contribution in [0, 0.1) is 0 Å². The molecule has 0 bridgehead atoms. The second kappa shape index (κ2) is 13.4. The number of esters is 1. The van der Waals surface area contributed by atoms with Crippen LogP contribution in [-0.2, 0) is 9.47 Å². The van der Waals surface area contributed by atoms with Crippen LogP contribution < -0.4 is 14.8 Å². The zero-order valence-electron chi connectivity index (χ0n) is 18.0. The molecule has 1 aliphatic rings. The number of nitrogens with one attached hydrogen (secondary N) is 2. The van der Waals surface area contributed by atoms with E-state index >= 15 is 0 Å². The molecular formula is C21H31N3O4S2. The van der Waals surface area contributed by atoms with Crippen LogP contribution in [0.25, 0.3) is 0 Å². The summed E-state index contributed by atoms with van der Waals surface area (Å²) in [7, 11) is 3.03. The molecule has 1 aromatic carbocycles. The molecular weight excluding hydrogens is 422 g/mol. The highest BCUT2D eigenvalue weighted by molar-refractivity contribution is 8.00. The Labute approximate surface area is 187 Å². The zero-order valence-corrected chi connectivity index (χ0v) is 19.7. The number of nitrogens with zero attached hydrogens (tertiary/aromatic N) is 1. The van der Waals surface area contributed by atoms with Crippen molar-refractivity contribution < 1.29 is 19.0 Å². The van der Waals surface area contributed by atoms with Gasteiger partial charge in [-0.2, -0.15) is 0 Å². The van der Waals surface area contributed by atoms with Gasteiger partial charge in [-0.25, -0.2) is 4.79 Å². The van der Waals surface area contributed by atoms with E-state index in [4.69, 9.17) is 14.2 Å². The number of thiophene rings is 1. The highest BCUT2D eigenvalue weighted by atomic mass is 32.2. The van der Waals surface area contributed by atoms with Crippen molar-refractivity contribution in [2.24, 2.45) is 0 Å². The van der Waals surface area contributed by atoms with E-state index in [0.29, 0.717) is 4.88 Å². The molecule has 1 fully saturated rings. The number of morpholine rings is 1. The minimum Gasteiger partial charge on any atom is -0.494 e. The maximum atomic E-state index is 11.8. The molecule has 9 heteroatoms. The summed E-state index contributed by atoms with van der Waals surface area (Å²) in [5.41, 5.74) is 1.85. The van der Waals surface area contributed by atoms with Gasteiger partial charge < -0.3 is 24.2 Å². The molecule has 0 unspecified atom stereocenters. The molecule has 166 valence electrons. The lowest BCUT2D eigenvalue weighted by molar-refractivity contribution is 0.0398. The topological polar surface area (TPSA) is 72.1 Å². The van der Waals surface area contributed by atoms with Crippen LogP contribution in [0.1, 0.15) is 23.5 Å². The van der Waals surface area contributed by atoms with Crippen LogP contribution in [0.4, 0.5) is 11.4 Å². The molecule has 3 rings (SSSR count). The third kappa shape index (κ3) is 7.09. The standard InChI is InChI=1S/C19H25N3O4S2.C2H6/c1-24-16-13-14(20-6-7-22-8-10-26-11-9-22)3-4-15(16)21-28-17-5-12-27-18(17)19(23)25-2;1-2/h3-5,12-13,20-21H,6-11H2,1-2H3;1-2H3. The summed E-state index contributed by atoms with van der Waals surface area (Å²) in [6.07, 6.45) is 0. The maximum absolute atomic E-state index is 11.8. The lowest BCUT2D eigenvalue weighted by Crippen LogP contribution is -2.38. The van der Waals surface area contributed by atoms with Crippen molar-refractivity contribution >= 4 is 40.6 Å². The van der Waals surface area contributed by atoms with Gasteiger partial charge >= 0.3 is 5.97 Å². The van der Waals surface area contributed by atoms with E-state index < -0.39 is 0 Å². The molecule has 7 nitrogen and oxygen atoms in total. The van der Waals surface area contributed by atoms with Crippen molar-refractivity contribution in [1.29, 1.82) is 0 Å². The SMILES string of the molecule is CC.COC(=O)c1sccc1SNc1ccc(NCCN2CCOCC2)cc1OC. The average molecular weight is 454 g/mol. The van der Waals surface area contributed by atoms with Gasteiger partial charge in [0.2, 0.25) is 0 Å². The number of ether oxygens (including phenoxy) is 3. The van der Waals surface area contributed by atoms with E-state index in [-0.39, 0.29) is 5.97 Å². The van der Waals surface area contributed by atoms with Crippen LogP contribution in [-0.4, -0.2) is 64.5 Å². The van der Waals surface area contributed by atoms with Crippen LogP contribution in [0.15, 0.2) is 34.5 Å². The summed E-state index contributed by atoms with van der Waals surface area (Å²) in [6.45, 7) is 9.45. The lowest BCUT2D eigenvalue weighted by Gasteiger charge is -2.26. The monoisotopic (exact) mass is 453 g/mol. The number of methoxy groups -OCH3 is 2. The fourth-order valence-corrected chi connectivity index (χ4v) is 4.56. The Morgan fingerprint density at radius 1 is 1.23 bits per heavy atom. The number of benzene rings is 1. The number of carbonyl (C=O) groups excluding carboxylic acids is 1. The van der Waals surface area contributed by atoms with Gasteiger partial charge in [-0.15, -0.1) is 11.3 Å². The number of hydrogen-bond acceptors (Lipinski definition) is 9. The molecule has 0 atom stereocenters. The number of carbonyl (C=O) groups is 1. The smallest absolute Gasteiger partial charge is 0.349 e. The van der Waals surface area contributed by atoms with E-state index in [1.165, 1.54) is 30.4 Å². The van der Waals surface area contributed by atoms with Crippen molar-refractivity contribution in [3.05, 3.63) is 34.5 Å². The Hall–Kier alpha value is -1.94. The largest absolute Gasteiger partial charge is 0.494 e. The van der Waals surface area contributed by atoms with Crippen molar-refractivity contribution in [1.82, 2.24) is 4.90 Å². The summed E-state index contributed by atoms with van der Waals surface area (Å²) in [5.74, 6) is 0.407. The van der Waals surface area contributed by atoms with Crippen LogP contribution in [0.2, 0.25) is 0 Å². The van der Waals surface area contributed by atoms with Gasteiger partial charge in [0.1, 0.15) is 10.6 Å². The van der Waals surface area contributed by atoms with E-state index in [1.54, 1.807) is 7.11 Å². The van der Waals surface area contributed by atoms with Gasteiger partial charge in [0.25, 0.3) is 0 Å². The first-order valence-electron chi connectivity index (χ1n) is 10.0. The Morgan fingerprint density at radius 3 is 2.70 bits per heavy atom. The third-order valence-electron chi connectivity index (χ3n) is 4.33. The molecule has 0 aliphatic carbocycles. The van der Waals surface area contributed by atoms with E-state index in [1.807, 2.05) is 43.5 Å². The Bertz CT molecular complexity index is 779. The Kier molecular flexibility index (Phi) is 10.9. The highest BCUT2D eigenvalue weighted by Crippen LogP contribution is 2.34. The summed E-state index contributed by atoms with van der Waals surface area (Å²) >= 11 is 2.73. The molecule has 0 radical (unpaired) electrons. The third-order valence-corrected chi connectivity index (χ3v) is 6.24. The minimum atomic E-state index is -0.328. The normalized spacial score (nSPS) is 13.7. The molecule has 1 saturated heterocycles. The fraction of sp³-hybridized carbons (Fsp3) is 0.476. The molecule has 1 aliphatic heterocycles. The van der Waals surface area contributed by atoms with E-state index in [2.05, 4.69) is 14.9 Å². The molecule has 1 aromatic heterocycles. The summed E-state index contributed by atoms with van der Waals surface area (Å²) in [5, 5.41) is 5.31. The van der Waals surface area contributed by atoms with Crippen LogP contribution in [0.3, 0.4) is 0 Å². The molecule has 2 aromatic rings. The second-order valence-electron chi connectivity index (χ2n) is 6.11. The number of hydrogen-bond donors (Lipinski definition) is 2. The predicted octanol–water partition coefficient (Wildman–Crippen LogP) is 4.43. The summed E-state index contributed by atoms with van der Waals surface area (Å²) in [4.78, 5) is 15.6. The summed E-state index contributed by atoms with van der Waals surface area (Å²) in [6, 6.07) is 7.84. The highest BCUT2D eigenvalue weighted by Gasteiger charge is 2.15. The Balaban J connectivity index is 0.00000155. The number of rotatable bonds is 9. The molecule has 0 spiro atoms. The molecule has 2 N–H and O–H groups in total.